The van der Waals surface area contributed by atoms with E-state index in [4.69, 9.17) is 0 Å². The van der Waals surface area contributed by atoms with Crippen molar-refractivity contribution in [1.29, 1.82) is 0 Å². The highest BCUT2D eigenvalue weighted by atomic mass is 14.4. The molecule has 10 rings (SSSR count). The summed E-state index contributed by atoms with van der Waals surface area (Å²) in [4.78, 5) is 0. The normalized spacial score (nSPS) is 14.7. The van der Waals surface area contributed by atoms with Gasteiger partial charge in [-0.05, 0) is 130 Å². The van der Waals surface area contributed by atoms with Crippen LogP contribution in [0.1, 0.15) is 55.5 Å². The number of hydrogen-bond donors (Lipinski definition) is 0. The molecule has 0 aromatic heterocycles. The van der Waals surface area contributed by atoms with Crippen LogP contribution in [0.2, 0.25) is 0 Å². The molecule has 0 atom stereocenters. The number of aryl methyl sites for hydroxylation is 1. The lowest BCUT2D eigenvalue weighted by molar-refractivity contribution is 0.659. The second-order valence-corrected chi connectivity index (χ2v) is 15.7. The molecule has 0 N–H and O–H groups in total. The summed E-state index contributed by atoms with van der Waals surface area (Å²) in [6.07, 6.45) is 0. The van der Waals surface area contributed by atoms with Crippen molar-refractivity contribution in [3.05, 3.63) is 179 Å². The molecule has 0 saturated heterocycles. The predicted octanol–water partition coefficient (Wildman–Crippen LogP) is 13.9. The topological polar surface area (TPSA) is 0 Å². The number of rotatable bonds is 3. The van der Waals surface area contributed by atoms with Crippen LogP contribution >= 0.6 is 0 Å². The van der Waals surface area contributed by atoms with Gasteiger partial charge in [0, 0.05) is 10.8 Å². The quantitative estimate of drug-likeness (QED) is 0.167. The van der Waals surface area contributed by atoms with Gasteiger partial charge < -0.3 is 0 Å². The highest BCUT2D eigenvalue weighted by molar-refractivity contribution is 6.15. The lowest BCUT2D eigenvalue weighted by Gasteiger charge is -2.23. The summed E-state index contributed by atoms with van der Waals surface area (Å²) >= 11 is 0. The summed E-state index contributed by atoms with van der Waals surface area (Å²) in [5.74, 6) is 0. The van der Waals surface area contributed by atoms with E-state index < -0.39 is 0 Å². The Balaban J connectivity index is 1.01. The van der Waals surface area contributed by atoms with E-state index in [2.05, 4.69) is 186 Å². The second kappa shape index (κ2) is 10.6. The highest BCUT2D eigenvalue weighted by Crippen LogP contribution is 2.52. The summed E-state index contributed by atoms with van der Waals surface area (Å²) in [5.41, 5.74) is 20.0. The van der Waals surface area contributed by atoms with E-state index in [9.17, 15) is 0 Å². The molecule has 0 nitrogen and oxygen atoms in total. The molecule has 244 valence electrons. The van der Waals surface area contributed by atoms with Crippen LogP contribution in [0.3, 0.4) is 0 Å². The predicted molar refractivity (Wildman–Crippen MR) is 218 cm³/mol. The van der Waals surface area contributed by atoms with Gasteiger partial charge in [-0.15, -0.1) is 0 Å². The number of hydrogen-bond acceptors (Lipinski definition) is 0. The van der Waals surface area contributed by atoms with Gasteiger partial charge in [-0.1, -0.05) is 161 Å². The van der Waals surface area contributed by atoms with Crippen LogP contribution in [-0.4, -0.2) is 0 Å². The first kappa shape index (κ1) is 30.1. The van der Waals surface area contributed by atoms with Crippen molar-refractivity contribution in [2.24, 2.45) is 0 Å². The zero-order valence-corrected chi connectivity index (χ0v) is 29.9. The standard InChI is InChI=1S/C51H40/c1-31-37-12-6-8-15-43(37)49(44-16-9-7-13-38(31)44)33-20-18-32(19-21-33)34-22-25-41-42-27-24-36(30-48(42)51(4,5)47(41)28-34)35-23-26-40-39-14-10-11-17-45(39)50(2,3)46(40)29-35/h6-30H,1-5H3. The maximum atomic E-state index is 2.46. The van der Waals surface area contributed by atoms with Crippen molar-refractivity contribution in [3.8, 4) is 55.6 Å². The van der Waals surface area contributed by atoms with Crippen LogP contribution in [0.5, 0.6) is 0 Å². The van der Waals surface area contributed by atoms with Gasteiger partial charge in [0.2, 0.25) is 0 Å². The molecular weight excluding hydrogens is 613 g/mol. The van der Waals surface area contributed by atoms with Crippen LogP contribution in [0.25, 0.3) is 77.2 Å². The van der Waals surface area contributed by atoms with E-state index in [-0.39, 0.29) is 10.8 Å². The molecule has 8 aromatic carbocycles. The molecule has 8 aromatic rings. The van der Waals surface area contributed by atoms with Crippen LogP contribution < -0.4 is 0 Å². The Kier molecular flexibility index (Phi) is 6.29. The van der Waals surface area contributed by atoms with E-state index in [0.29, 0.717) is 0 Å². The fraction of sp³-hybridized carbons (Fsp3) is 0.137. The minimum atomic E-state index is -0.109. The third-order valence-corrected chi connectivity index (χ3v) is 12.3. The van der Waals surface area contributed by atoms with E-state index in [1.54, 1.807) is 0 Å². The molecule has 0 radical (unpaired) electrons. The molecular formula is C51H40. The van der Waals surface area contributed by atoms with E-state index in [0.717, 1.165) is 0 Å². The van der Waals surface area contributed by atoms with Crippen LogP contribution in [0.4, 0.5) is 0 Å². The summed E-state index contributed by atoms with van der Waals surface area (Å²) < 4.78 is 0. The lowest BCUT2D eigenvalue weighted by atomic mass is 9.80. The fourth-order valence-electron chi connectivity index (χ4n) is 9.47. The Morgan fingerprint density at radius 1 is 0.314 bits per heavy atom. The summed E-state index contributed by atoms with van der Waals surface area (Å²) in [7, 11) is 0. The zero-order valence-electron chi connectivity index (χ0n) is 29.9. The third kappa shape index (κ3) is 4.26. The fourth-order valence-corrected chi connectivity index (χ4v) is 9.47. The monoisotopic (exact) mass is 652 g/mol. The van der Waals surface area contributed by atoms with Crippen LogP contribution in [-0.2, 0) is 10.8 Å². The Bertz CT molecular complexity index is 2680. The molecule has 0 aliphatic heterocycles. The van der Waals surface area contributed by atoms with Gasteiger partial charge in [-0.2, -0.15) is 0 Å². The van der Waals surface area contributed by atoms with Gasteiger partial charge in [0.15, 0.2) is 0 Å². The molecule has 0 fully saturated rings. The van der Waals surface area contributed by atoms with Crippen LogP contribution in [0, 0.1) is 6.92 Å². The van der Waals surface area contributed by atoms with Gasteiger partial charge in [0.1, 0.15) is 0 Å². The zero-order chi connectivity index (χ0) is 34.6. The molecule has 0 saturated carbocycles. The molecule has 0 heteroatoms. The molecule has 0 bridgehead atoms. The van der Waals surface area contributed by atoms with Gasteiger partial charge in [-0.3, -0.25) is 0 Å². The van der Waals surface area contributed by atoms with Gasteiger partial charge in [-0.25, -0.2) is 0 Å². The molecule has 2 aliphatic rings. The average molecular weight is 653 g/mol. The largest absolute Gasteiger partial charge is 0.0619 e. The minimum Gasteiger partial charge on any atom is -0.0619 e. The smallest absolute Gasteiger partial charge is 0.0159 e. The highest BCUT2D eigenvalue weighted by Gasteiger charge is 2.37. The Morgan fingerprint density at radius 2 is 0.667 bits per heavy atom. The first-order valence-corrected chi connectivity index (χ1v) is 18.3. The Hall–Kier alpha value is -5.72. The minimum absolute atomic E-state index is 0.00944. The summed E-state index contributed by atoms with van der Waals surface area (Å²) in [6, 6.07) is 57.2. The van der Waals surface area contributed by atoms with Gasteiger partial charge >= 0.3 is 0 Å². The molecule has 51 heavy (non-hydrogen) atoms. The second-order valence-electron chi connectivity index (χ2n) is 15.7. The SMILES string of the molecule is Cc1c2ccccc2c(-c2ccc(-c3ccc4c(c3)C(C)(C)c3cc(-c5ccc6c(c5)C(C)(C)c5ccccc5-6)ccc3-4)cc2)c2ccccc12. The molecule has 0 spiro atoms. The average Bonchev–Trinajstić information content (AvgIpc) is 3.54. The van der Waals surface area contributed by atoms with Gasteiger partial charge in [0.25, 0.3) is 0 Å². The molecule has 2 aliphatic carbocycles. The Morgan fingerprint density at radius 3 is 1.18 bits per heavy atom. The lowest BCUT2D eigenvalue weighted by Crippen LogP contribution is -2.15. The van der Waals surface area contributed by atoms with Crippen molar-refractivity contribution in [1.82, 2.24) is 0 Å². The summed E-state index contributed by atoms with van der Waals surface area (Å²) in [5, 5.41) is 5.27. The van der Waals surface area contributed by atoms with Crippen molar-refractivity contribution in [2.45, 2.75) is 45.4 Å². The first-order chi connectivity index (χ1) is 24.7. The van der Waals surface area contributed by atoms with Crippen molar-refractivity contribution in [2.75, 3.05) is 0 Å². The van der Waals surface area contributed by atoms with E-state index in [1.807, 2.05) is 0 Å². The first-order valence-electron chi connectivity index (χ1n) is 18.3. The molecule has 0 amide bonds. The number of fused-ring (bicyclic) bond motifs is 8. The van der Waals surface area contributed by atoms with Crippen molar-refractivity contribution < 1.29 is 0 Å². The number of benzene rings is 8. The van der Waals surface area contributed by atoms with Gasteiger partial charge in [0.05, 0.1) is 0 Å². The third-order valence-electron chi connectivity index (χ3n) is 12.3. The molecule has 0 unspecified atom stereocenters. The Labute approximate surface area is 301 Å². The van der Waals surface area contributed by atoms with Crippen molar-refractivity contribution >= 4 is 21.5 Å². The van der Waals surface area contributed by atoms with Crippen LogP contribution in [0.15, 0.2) is 152 Å². The van der Waals surface area contributed by atoms with E-state index in [1.165, 1.54) is 105 Å². The maximum Gasteiger partial charge on any atom is 0.0159 e. The summed E-state index contributed by atoms with van der Waals surface area (Å²) in [6.45, 7) is 11.8. The van der Waals surface area contributed by atoms with E-state index >= 15 is 0 Å². The molecule has 0 heterocycles. The van der Waals surface area contributed by atoms with Crippen molar-refractivity contribution in [3.63, 3.8) is 0 Å². The maximum absolute atomic E-state index is 2.46.